The molecule has 0 bridgehead atoms. The monoisotopic (exact) mass is 301 g/mol. The van der Waals surface area contributed by atoms with Crippen molar-refractivity contribution in [3.05, 3.63) is 72.9 Å². The molecule has 0 aliphatic rings. The van der Waals surface area contributed by atoms with Gasteiger partial charge in [-0.1, -0.05) is 49.0 Å². The molecule has 4 nitrogen and oxygen atoms in total. The molecule has 0 amide bonds. The molecule has 0 aliphatic heterocycles. The van der Waals surface area contributed by atoms with E-state index >= 15 is 0 Å². The zero-order chi connectivity index (χ0) is 16.0. The number of para-hydroxylation sites is 2. The molecule has 0 saturated heterocycles. The van der Waals surface area contributed by atoms with Gasteiger partial charge in [-0.25, -0.2) is 4.98 Å². The minimum absolute atomic E-state index is 0.132. The SMILES string of the molecule is C=CC(=O)c1c(-c2ccccc2)nc2n(C)c3ccccc3n12. The average molecular weight is 301 g/mol. The van der Waals surface area contributed by atoms with Crippen molar-refractivity contribution in [3.8, 4) is 11.3 Å². The lowest BCUT2D eigenvalue weighted by atomic mass is 10.1. The fourth-order valence-corrected chi connectivity index (χ4v) is 3.03. The zero-order valence-electron chi connectivity index (χ0n) is 12.7. The van der Waals surface area contributed by atoms with Gasteiger partial charge in [0.2, 0.25) is 11.6 Å². The van der Waals surface area contributed by atoms with Gasteiger partial charge in [-0.15, -0.1) is 0 Å². The van der Waals surface area contributed by atoms with Gasteiger partial charge in [0.1, 0.15) is 11.4 Å². The molecule has 4 rings (SSSR count). The normalized spacial score (nSPS) is 11.2. The first-order chi connectivity index (χ1) is 11.2. The van der Waals surface area contributed by atoms with Gasteiger partial charge in [0.05, 0.1) is 11.0 Å². The first-order valence-corrected chi connectivity index (χ1v) is 7.40. The highest BCUT2D eigenvalue weighted by Crippen LogP contribution is 2.29. The molecule has 23 heavy (non-hydrogen) atoms. The van der Waals surface area contributed by atoms with E-state index in [0.717, 1.165) is 22.4 Å². The summed E-state index contributed by atoms with van der Waals surface area (Å²) in [5.41, 5.74) is 4.16. The van der Waals surface area contributed by atoms with Gasteiger partial charge in [0.15, 0.2) is 0 Å². The largest absolute Gasteiger partial charge is 0.313 e. The number of carbonyl (C=O) groups excluding carboxylic acids is 1. The summed E-state index contributed by atoms with van der Waals surface area (Å²) in [5.74, 6) is 0.614. The number of carbonyl (C=O) groups is 1. The molecule has 2 aromatic carbocycles. The van der Waals surface area contributed by atoms with Gasteiger partial charge >= 0.3 is 0 Å². The minimum atomic E-state index is -0.132. The van der Waals surface area contributed by atoms with E-state index in [4.69, 9.17) is 4.98 Å². The summed E-state index contributed by atoms with van der Waals surface area (Å²) in [5, 5.41) is 0. The van der Waals surface area contributed by atoms with Crippen molar-refractivity contribution in [2.75, 3.05) is 0 Å². The Morgan fingerprint density at radius 2 is 1.70 bits per heavy atom. The Morgan fingerprint density at radius 3 is 2.39 bits per heavy atom. The number of nitrogens with zero attached hydrogens (tertiary/aromatic N) is 3. The Kier molecular flexibility index (Phi) is 2.91. The van der Waals surface area contributed by atoms with Crippen molar-refractivity contribution in [2.24, 2.45) is 7.05 Å². The van der Waals surface area contributed by atoms with E-state index in [-0.39, 0.29) is 5.78 Å². The van der Waals surface area contributed by atoms with Crippen LogP contribution in [0.25, 0.3) is 28.1 Å². The van der Waals surface area contributed by atoms with Crippen molar-refractivity contribution in [1.29, 1.82) is 0 Å². The maximum absolute atomic E-state index is 12.5. The lowest BCUT2D eigenvalue weighted by molar-refractivity contribution is 0.104. The average Bonchev–Trinajstić information content (AvgIpc) is 3.12. The Bertz CT molecular complexity index is 1050. The number of hydrogen-bond acceptors (Lipinski definition) is 2. The van der Waals surface area contributed by atoms with Crippen LogP contribution in [-0.4, -0.2) is 19.7 Å². The first kappa shape index (κ1) is 13.5. The number of aryl methyl sites for hydroxylation is 1. The Hall–Kier alpha value is -3.14. The number of hydrogen-bond donors (Lipinski definition) is 0. The minimum Gasteiger partial charge on any atom is -0.313 e. The van der Waals surface area contributed by atoms with Crippen molar-refractivity contribution in [3.63, 3.8) is 0 Å². The molecule has 0 atom stereocenters. The summed E-state index contributed by atoms with van der Waals surface area (Å²) in [6.45, 7) is 3.65. The fraction of sp³-hybridized carbons (Fsp3) is 0.0526. The summed E-state index contributed by atoms with van der Waals surface area (Å²) < 4.78 is 3.92. The second-order valence-corrected chi connectivity index (χ2v) is 5.43. The fourth-order valence-electron chi connectivity index (χ4n) is 3.03. The van der Waals surface area contributed by atoms with Crippen LogP contribution in [0.2, 0.25) is 0 Å². The third-order valence-corrected chi connectivity index (χ3v) is 4.11. The van der Waals surface area contributed by atoms with Crippen LogP contribution in [0.3, 0.4) is 0 Å². The van der Waals surface area contributed by atoms with Crippen LogP contribution in [-0.2, 0) is 7.05 Å². The molecule has 0 spiro atoms. The molecule has 0 aliphatic carbocycles. The van der Waals surface area contributed by atoms with Crippen LogP contribution in [0, 0.1) is 0 Å². The molecule has 0 radical (unpaired) electrons. The number of ketones is 1. The van der Waals surface area contributed by atoms with Gasteiger partial charge in [0.25, 0.3) is 0 Å². The highest BCUT2D eigenvalue weighted by Gasteiger charge is 2.22. The number of allylic oxidation sites excluding steroid dienone is 1. The topological polar surface area (TPSA) is 39.3 Å². The standard InChI is InChI=1S/C19H15N3O/c1-3-16(23)18-17(13-9-5-4-6-10-13)20-19-21(2)14-11-7-8-12-15(14)22(18)19/h3-12H,1H2,2H3. The van der Waals surface area contributed by atoms with Crippen molar-refractivity contribution < 1.29 is 4.79 Å². The number of benzene rings is 2. The molecule has 0 N–H and O–H groups in total. The van der Waals surface area contributed by atoms with Crippen LogP contribution < -0.4 is 0 Å². The smallest absolute Gasteiger partial charge is 0.215 e. The maximum Gasteiger partial charge on any atom is 0.215 e. The van der Waals surface area contributed by atoms with Gasteiger partial charge in [-0.05, 0) is 18.2 Å². The molecular weight excluding hydrogens is 286 g/mol. The lowest BCUT2D eigenvalue weighted by Gasteiger charge is -2.02. The molecule has 2 heterocycles. The van der Waals surface area contributed by atoms with Crippen molar-refractivity contribution in [1.82, 2.24) is 14.0 Å². The molecule has 112 valence electrons. The molecule has 2 aromatic heterocycles. The number of aromatic nitrogens is 3. The van der Waals surface area contributed by atoms with E-state index in [9.17, 15) is 4.79 Å². The summed E-state index contributed by atoms with van der Waals surface area (Å²) in [6.07, 6.45) is 1.34. The predicted octanol–water partition coefficient (Wildman–Crippen LogP) is 3.86. The predicted molar refractivity (Wildman–Crippen MR) is 91.6 cm³/mol. The maximum atomic E-state index is 12.5. The third kappa shape index (κ3) is 1.85. The second-order valence-electron chi connectivity index (χ2n) is 5.43. The quantitative estimate of drug-likeness (QED) is 0.426. The molecule has 4 aromatic rings. The van der Waals surface area contributed by atoms with Crippen LogP contribution in [0.4, 0.5) is 0 Å². The molecule has 0 fully saturated rings. The van der Waals surface area contributed by atoms with E-state index in [1.807, 2.05) is 70.6 Å². The molecule has 0 saturated carbocycles. The lowest BCUT2D eigenvalue weighted by Crippen LogP contribution is -2.01. The van der Waals surface area contributed by atoms with Gasteiger partial charge in [-0.3, -0.25) is 9.20 Å². The molecular formula is C19H15N3O. The summed E-state index contributed by atoms with van der Waals surface area (Å²) in [6, 6.07) is 17.7. The van der Waals surface area contributed by atoms with Gasteiger partial charge < -0.3 is 4.57 Å². The van der Waals surface area contributed by atoms with Crippen LogP contribution in [0.1, 0.15) is 10.5 Å². The van der Waals surface area contributed by atoms with Crippen LogP contribution >= 0.6 is 0 Å². The highest BCUT2D eigenvalue weighted by atomic mass is 16.1. The van der Waals surface area contributed by atoms with E-state index in [2.05, 4.69) is 6.58 Å². The Balaban J connectivity index is 2.19. The number of imidazole rings is 2. The Labute approximate surface area is 133 Å². The van der Waals surface area contributed by atoms with E-state index in [1.54, 1.807) is 0 Å². The Morgan fingerprint density at radius 1 is 1.04 bits per heavy atom. The zero-order valence-corrected chi connectivity index (χ0v) is 12.7. The summed E-state index contributed by atoms with van der Waals surface area (Å²) >= 11 is 0. The number of rotatable bonds is 3. The van der Waals surface area contributed by atoms with Crippen LogP contribution in [0.5, 0.6) is 0 Å². The van der Waals surface area contributed by atoms with Crippen molar-refractivity contribution >= 4 is 22.6 Å². The third-order valence-electron chi connectivity index (χ3n) is 4.11. The highest BCUT2D eigenvalue weighted by molar-refractivity contribution is 6.09. The molecule has 4 heteroatoms. The second kappa shape index (κ2) is 4.95. The van der Waals surface area contributed by atoms with Gasteiger partial charge in [0, 0.05) is 12.6 Å². The number of fused-ring (bicyclic) bond motifs is 3. The van der Waals surface area contributed by atoms with E-state index in [0.29, 0.717) is 11.4 Å². The van der Waals surface area contributed by atoms with Gasteiger partial charge in [-0.2, -0.15) is 0 Å². The summed E-state index contributed by atoms with van der Waals surface area (Å²) in [4.78, 5) is 17.3. The first-order valence-electron chi connectivity index (χ1n) is 7.40. The van der Waals surface area contributed by atoms with E-state index < -0.39 is 0 Å². The van der Waals surface area contributed by atoms with Crippen molar-refractivity contribution in [2.45, 2.75) is 0 Å². The van der Waals surface area contributed by atoms with E-state index in [1.165, 1.54) is 6.08 Å². The summed E-state index contributed by atoms with van der Waals surface area (Å²) in [7, 11) is 1.96. The van der Waals surface area contributed by atoms with Crippen LogP contribution in [0.15, 0.2) is 67.3 Å². The molecule has 0 unspecified atom stereocenters.